The van der Waals surface area contributed by atoms with E-state index < -0.39 is 0 Å². The smallest absolute Gasteiger partial charge is 0.201 e. The van der Waals surface area contributed by atoms with E-state index in [0.717, 1.165) is 43.0 Å². The van der Waals surface area contributed by atoms with Crippen molar-refractivity contribution in [1.82, 2.24) is 9.55 Å². The molecule has 1 aromatic heterocycles. The van der Waals surface area contributed by atoms with Gasteiger partial charge in [-0.2, -0.15) is 0 Å². The number of nitrogen functional groups attached to an aromatic ring is 1. The van der Waals surface area contributed by atoms with Gasteiger partial charge in [-0.3, -0.25) is 4.79 Å². The molecule has 100 valence electrons. The lowest BCUT2D eigenvalue weighted by Crippen LogP contribution is -2.22. The molecule has 0 spiro atoms. The van der Waals surface area contributed by atoms with Gasteiger partial charge in [0.2, 0.25) is 5.95 Å². The first-order valence-electron chi connectivity index (χ1n) is 6.59. The number of anilines is 1. The molecule has 1 heterocycles. The molecule has 3 N–H and O–H groups in total. The Kier molecular flexibility index (Phi) is 2.98. The summed E-state index contributed by atoms with van der Waals surface area (Å²) in [6.07, 6.45) is 4.05. The van der Waals surface area contributed by atoms with Crippen LogP contribution in [0.2, 0.25) is 0 Å². The summed E-state index contributed by atoms with van der Waals surface area (Å²) in [5.41, 5.74) is 8.34. The van der Waals surface area contributed by atoms with Crippen molar-refractivity contribution in [3.8, 4) is 0 Å². The van der Waals surface area contributed by atoms with Crippen molar-refractivity contribution in [2.75, 3.05) is 5.73 Å². The summed E-state index contributed by atoms with van der Waals surface area (Å²) in [4.78, 5) is 15.1. The Balaban J connectivity index is 2.03. The number of aliphatic hydroxyl groups is 1. The summed E-state index contributed by atoms with van der Waals surface area (Å²) in [5, 5.41) is 9.58. The van der Waals surface area contributed by atoms with Crippen LogP contribution in [0.4, 0.5) is 5.95 Å². The van der Waals surface area contributed by atoms with E-state index in [9.17, 15) is 9.90 Å². The van der Waals surface area contributed by atoms with Crippen molar-refractivity contribution in [3.63, 3.8) is 0 Å². The molecule has 1 aliphatic carbocycles. The highest BCUT2D eigenvalue weighted by atomic mass is 16.3. The minimum Gasteiger partial charge on any atom is -0.393 e. The molecule has 2 aromatic rings. The molecule has 0 unspecified atom stereocenters. The third-order valence-corrected chi connectivity index (χ3v) is 3.91. The van der Waals surface area contributed by atoms with E-state index in [4.69, 9.17) is 5.73 Å². The summed E-state index contributed by atoms with van der Waals surface area (Å²) in [7, 11) is 0. The normalized spacial score (nSPS) is 23.6. The fourth-order valence-electron chi connectivity index (χ4n) is 2.91. The van der Waals surface area contributed by atoms with Gasteiger partial charge in [-0.25, -0.2) is 4.98 Å². The topological polar surface area (TPSA) is 81.1 Å². The molecule has 1 aromatic carbocycles. The number of carbonyl (C=O) groups excluding carboxylic acids is 1. The molecule has 3 rings (SSSR count). The first-order chi connectivity index (χ1) is 9.19. The molecular weight excluding hydrogens is 242 g/mol. The lowest BCUT2D eigenvalue weighted by Gasteiger charge is -2.27. The van der Waals surface area contributed by atoms with Crippen LogP contribution in [-0.4, -0.2) is 27.0 Å². The van der Waals surface area contributed by atoms with E-state index in [1.54, 1.807) is 12.1 Å². The minimum atomic E-state index is -0.186. The summed E-state index contributed by atoms with van der Waals surface area (Å²) >= 11 is 0. The molecule has 1 saturated carbocycles. The van der Waals surface area contributed by atoms with Crippen molar-refractivity contribution < 1.29 is 9.90 Å². The second-order valence-corrected chi connectivity index (χ2v) is 5.17. The monoisotopic (exact) mass is 259 g/mol. The number of nitrogens with two attached hydrogens (primary N) is 1. The molecule has 1 fully saturated rings. The van der Waals surface area contributed by atoms with Crippen LogP contribution in [0.15, 0.2) is 18.2 Å². The van der Waals surface area contributed by atoms with Gasteiger partial charge in [-0.1, -0.05) is 0 Å². The zero-order chi connectivity index (χ0) is 13.4. The van der Waals surface area contributed by atoms with Gasteiger partial charge in [0.25, 0.3) is 0 Å². The number of aliphatic hydroxyl groups excluding tert-OH is 1. The number of nitrogens with zero attached hydrogens (tertiary/aromatic N) is 2. The molecule has 5 nitrogen and oxygen atoms in total. The zero-order valence-corrected chi connectivity index (χ0v) is 10.6. The van der Waals surface area contributed by atoms with Crippen molar-refractivity contribution >= 4 is 23.3 Å². The molecule has 0 radical (unpaired) electrons. The summed E-state index contributed by atoms with van der Waals surface area (Å²) < 4.78 is 2.04. The number of hydrogen-bond donors (Lipinski definition) is 2. The van der Waals surface area contributed by atoms with Crippen LogP contribution in [0.25, 0.3) is 11.0 Å². The van der Waals surface area contributed by atoms with Gasteiger partial charge in [0.05, 0.1) is 17.1 Å². The fraction of sp³-hybridized carbons (Fsp3) is 0.429. The molecule has 5 heteroatoms. The predicted octanol–water partition coefficient (Wildman–Crippen LogP) is 1.91. The second kappa shape index (κ2) is 4.66. The average molecular weight is 259 g/mol. The molecule has 19 heavy (non-hydrogen) atoms. The highest BCUT2D eigenvalue weighted by Crippen LogP contribution is 2.33. The SMILES string of the molecule is Nc1nc2cc(C=O)ccc2n1[C@H]1CC[C@@H](O)CC1. The second-order valence-electron chi connectivity index (χ2n) is 5.17. The third-order valence-electron chi connectivity index (χ3n) is 3.91. The van der Waals surface area contributed by atoms with Crippen LogP contribution in [0.1, 0.15) is 42.1 Å². The van der Waals surface area contributed by atoms with E-state index in [0.29, 0.717) is 11.5 Å². The van der Waals surface area contributed by atoms with E-state index >= 15 is 0 Å². The maximum atomic E-state index is 10.8. The van der Waals surface area contributed by atoms with Crippen molar-refractivity contribution in [2.45, 2.75) is 37.8 Å². The summed E-state index contributed by atoms with van der Waals surface area (Å²) in [6, 6.07) is 5.72. The molecular formula is C14H17N3O2. The van der Waals surface area contributed by atoms with E-state index in [-0.39, 0.29) is 12.1 Å². The van der Waals surface area contributed by atoms with Crippen LogP contribution in [0, 0.1) is 0 Å². The predicted molar refractivity (Wildman–Crippen MR) is 73.0 cm³/mol. The number of rotatable bonds is 2. The lowest BCUT2D eigenvalue weighted by molar-refractivity contribution is 0.111. The van der Waals surface area contributed by atoms with E-state index in [1.165, 1.54) is 0 Å². The van der Waals surface area contributed by atoms with Crippen LogP contribution >= 0.6 is 0 Å². The first kappa shape index (κ1) is 12.2. The van der Waals surface area contributed by atoms with Crippen molar-refractivity contribution in [2.24, 2.45) is 0 Å². The van der Waals surface area contributed by atoms with Crippen LogP contribution in [-0.2, 0) is 0 Å². The molecule has 0 saturated heterocycles. The Morgan fingerprint density at radius 2 is 2.05 bits per heavy atom. The Bertz CT molecular complexity index is 612. The van der Waals surface area contributed by atoms with Crippen LogP contribution < -0.4 is 5.73 Å². The number of benzene rings is 1. The van der Waals surface area contributed by atoms with Crippen LogP contribution in [0.5, 0.6) is 0 Å². The highest BCUT2D eigenvalue weighted by Gasteiger charge is 2.23. The first-order valence-corrected chi connectivity index (χ1v) is 6.59. The molecule has 0 aliphatic heterocycles. The number of carbonyl (C=O) groups is 1. The van der Waals surface area contributed by atoms with Gasteiger partial charge in [0.15, 0.2) is 0 Å². The summed E-state index contributed by atoms with van der Waals surface area (Å²) in [6.45, 7) is 0. The van der Waals surface area contributed by atoms with E-state index in [2.05, 4.69) is 4.98 Å². The Hall–Kier alpha value is -1.88. The Morgan fingerprint density at radius 3 is 2.74 bits per heavy atom. The van der Waals surface area contributed by atoms with E-state index in [1.807, 2.05) is 10.6 Å². The molecule has 0 atom stereocenters. The molecule has 0 amide bonds. The number of fused-ring (bicyclic) bond motifs is 1. The molecule has 1 aliphatic rings. The number of hydrogen-bond acceptors (Lipinski definition) is 4. The Morgan fingerprint density at radius 1 is 1.32 bits per heavy atom. The van der Waals surface area contributed by atoms with Crippen molar-refractivity contribution in [3.05, 3.63) is 23.8 Å². The maximum absolute atomic E-state index is 10.8. The zero-order valence-electron chi connectivity index (χ0n) is 10.6. The van der Waals surface area contributed by atoms with Gasteiger partial charge in [-0.05, 0) is 43.9 Å². The number of imidazole rings is 1. The standard InChI is InChI=1S/C14H17N3O2/c15-14-16-12-7-9(8-18)1-6-13(12)17(14)10-2-4-11(19)5-3-10/h1,6-8,10-11,19H,2-5H2,(H2,15,16)/t10-,11+. The number of aldehydes is 1. The largest absolute Gasteiger partial charge is 0.393 e. The maximum Gasteiger partial charge on any atom is 0.201 e. The van der Waals surface area contributed by atoms with Gasteiger partial charge in [0, 0.05) is 11.6 Å². The van der Waals surface area contributed by atoms with Gasteiger partial charge in [0.1, 0.15) is 6.29 Å². The lowest BCUT2D eigenvalue weighted by atomic mass is 9.93. The third kappa shape index (κ3) is 2.10. The van der Waals surface area contributed by atoms with Crippen LogP contribution in [0.3, 0.4) is 0 Å². The number of aromatic nitrogens is 2. The van der Waals surface area contributed by atoms with Gasteiger partial charge >= 0.3 is 0 Å². The fourth-order valence-corrected chi connectivity index (χ4v) is 2.91. The average Bonchev–Trinajstić information content (AvgIpc) is 2.74. The highest BCUT2D eigenvalue weighted by molar-refractivity contribution is 5.86. The Labute approximate surface area is 111 Å². The van der Waals surface area contributed by atoms with Crippen molar-refractivity contribution in [1.29, 1.82) is 0 Å². The van der Waals surface area contributed by atoms with Gasteiger partial charge < -0.3 is 15.4 Å². The quantitative estimate of drug-likeness (QED) is 0.807. The molecule has 0 bridgehead atoms. The minimum absolute atomic E-state index is 0.186. The summed E-state index contributed by atoms with van der Waals surface area (Å²) in [5.74, 6) is 0.486. The van der Waals surface area contributed by atoms with Gasteiger partial charge in [-0.15, -0.1) is 0 Å².